The average Bonchev–Trinajstić information content (AvgIpc) is 2.42. The molecule has 0 heterocycles. The molecule has 0 N–H and O–H groups in total. The third-order valence-electron chi connectivity index (χ3n) is 4.83. The highest BCUT2D eigenvalue weighted by Crippen LogP contribution is 2.55. The van der Waals surface area contributed by atoms with Crippen LogP contribution in [0.15, 0.2) is 0 Å². The van der Waals surface area contributed by atoms with E-state index in [0.29, 0.717) is 5.41 Å². The molecule has 0 radical (unpaired) electrons. The van der Waals surface area contributed by atoms with Gasteiger partial charge >= 0.3 is 0 Å². The van der Waals surface area contributed by atoms with E-state index in [1.54, 1.807) is 0 Å². The molecule has 2 aliphatic carbocycles. The molecule has 76 valence electrons. The molecule has 0 nitrogen and oxygen atoms in total. The molecule has 2 fully saturated rings. The number of rotatable bonds is 0. The van der Waals surface area contributed by atoms with E-state index in [0.717, 1.165) is 23.7 Å². The van der Waals surface area contributed by atoms with E-state index in [2.05, 4.69) is 27.7 Å². The smallest absolute Gasteiger partial charge is 0.0323 e. The van der Waals surface area contributed by atoms with Crippen LogP contribution >= 0.6 is 0 Å². The van der Waals surface area contributed by atoms with Gasteiger partial charge in [0.05, 0.1) is 0 Å². The van der Waals surface area contributed by atoms with Crippen molar-refractivity contribution in [2.45, 2.75) is 53.4 Å². The molecule has 4 unspecified atom stereocenters. The fraction of sp³-hybridized carbons (Fsp3) is 1.00. The average molecular weight is 180 g/mol. The highest BCUT2D eigenvalue weighted by Gasteiger charge is 2.46. The predicted molar refractivity (Wildman–Crippen MR) is 57.6 cm³/mol. The van der Waals surface area contributed by atoms with Crippen molar-refractivity contribution in [3.05, 3.63) is 0 Å². The fourth-order valence-electron chi connectivity index (χ4n) is 3.86. The van der Waals surface area contributed by atoms with Crippen molar-refractivity contribution < 1.29 is 0 Å². The van der Waals surface area contributed by atoms with Crippen LogP contribution in [-0.4, -0.2) is 0 Å². The van der Waals surface area contributed by atoms with Crippen molar-refractivity contribution in [3.63, 3.8) is 0 Å². The summed E-state index contributed by atoms with van der Waals surface area (Å²) in [6, 6.07) is 0. The molecule has 0 spiro atoms. The number of hydrogen-bond acceptors (Lipinski definition) is 0. The van der Waals surface area contributed by atoms with Crippen LogP contribution in [-0.2, 0) is 0 Å². The summed E-state index contributed by atoms with van der Waals surface area (Å²) in [4.78, 5) is 0. The van der Waals surface area contributed by atoms with Gasteiger partial charge in [-0.25, -0.2) is 0 Å². The monoisotopic (exact) mass is 180 g/mol. The lowest BCUT2D eigenvalue weighted by molar-refractivity contribution is 0.0582. The molecule has 2 rings (SSSR count). The second-order valence-corrected chi connectivity index (χ2v) is 6.35. The molecule has 0 heteroatoms. The predicted octanol–water partition coefficient (Wildman–Crippen LogP) is 4.10. The van der Waals surface area contributed by atoms with Gasteiger partial charge in [-0.15, -0.1) is 0 Å². The Bertz CT molecular complexity index is 192. The van der Waals surface area contributed by atoms with Gasteiger partial charge in [0.1, 0.15) is 0 Å². The van der Waals surface area contributed by atoms with Crippen molar-refractivity contribution in [1.29, 1.82) is 0 Å². The molecule has 2 aliphatic rings. The SMILES string of the molecule is CC1CC2C(C)CCC(C)(C)C2C1. The lowest BCUT2D eigenvalue weighted by Gasteiger charge is -2.44. The van der Waals surface area contributed by atoms with Crippen LogP contribution in [0.5, 0.6) is 0 Å². The third kappa shape index (κ3) is 1.53. The molecule has 0 aromatic heterocycles. The zero-order chi connectivity index (χ0) is 9.64. The summed E-state index contributed by atoms with van der Waals surface area (Å²) < 4.78 is 0. The van der Waals surface area contributed by atoms with E-state index in [1.807, 2.05) is 0 Å². The summed E-state index contributed by atoms with van der Waals surface area (Å²) in [5.41, 5.74) is 0.641. The van der Waals surface area contributed by atoms with Gasteiger partial charge in [-0.05, 0) is 54.8 Å². The highest BCUT2D eigenvalue weighted by molar-refractivity contribution is 4.96. The summed E-state index contributed by atoms with van der Waals surface area (Å²) in [6.07, 6.45) is 5.94. The van der Waals surface area contributed by atoms with Crippen molar-refractivity contribution >= 4 is 0 Å². The standard InChI is InChI=1S/C13H24/c1-9-7-11-10(2)5-6-13(3,4)12(11)8-9/h9-12H,5-8H2,1-4H3. The molecule has 2 saturated carbocycles. The Morgan fingerprint density at radius 1 is 1.08 bits per heavy atom. The van der Waals surface area contributed by atoms with Crippen LogP contribution in [0.25, 0.3) is 0 Å². The molecule has 0 bridgehead atoms. The van der Waals surface area contributed by atoms with Crippen LogP contribution in [0, 0.1) is 29.1 Å². The van der Waals surface area contributed by atoms with Gasteiger partial charge in [0.15, 0.2) is 0 Å². The Labute approximate surface area is 83.1 Å². The van der Waals surface area contributed by atoms with E-state index in [4.69, 9.17) is 0 Å². The van der Waals surface area contributed by atoms with Gasteiger partial charge in [0, 0.05) is 0 Å². The van der Waals surface area contributed by atoms with Gasteiger partial charge in [-0.3, -0.25) is 0 Å². The highest BCUT2D eigenvalue weighted by atomic mass is 14.5. The molecule has 4 atom stereocenters. The maximum atomic E-state index is 2.49. The molecular weight excluding hydrogens is 156 g/mol. The normalized spacial score (nSPS) is 48.9. The topological polar surface area (TPSA) is 0 Å². The lowest BCUT2D eigenvalue weighted by Crippen LogP contribution is -2.35. The Balaban J connectivity index is 2.18. The van der Waals surface area contributed by atoms with Crippen molar-refractivity contribution in [3.8, 4) is 0 Å². The van der Waals surface area contributed by atoms with E-state index >= 15 is 0 Å². The molecule has 0 aromatic rings. The minimum Gasteiger partial charge on any atom is -0.0625 e. The first-order valence-corrected chi connectivity index (χ1v) is 6.00. The molecule has 0 saturated heterocycles. The molecular formula is C13H24. The Hall–Kier alpha value is 0. The van der Waals surface area contributed by atoms with Crippen LogP contribution < -0.4 is 0 Å². The van der Waals surface area contributed by atoms with E-state index in [-0.39, 0.29) is 0 Å². The first-order chi connectivity index (χ1) is 6.00. The zero-order valence-electron chi connectivity index (χ0n) is 9.64. The maximum Gasteiger partial charge on any atom is -0.0323 e. The molecule has 0 aromatic carbocycles. The van der Waals surface area contributed by atoms with Gasteiger partial charge in [-0.1, -0.05) is 27.7 Å². The largest absolute Gasteiger partial charge is 0.0625 e. The van der Waals surface area contributed by atoms with Crippen LogP contribution in [0.2, 0.25) is 0 Å². The molecule has 13 heavy (non-hydrogen) atoms. The zero-order valence-corrected chi connectivity index (χ0v) is 9.64. The Morgan fingerprint density at radius 2 is 1.77 bits per heavy atom. The van der Waals surface area contributed by atoms with E-state index < -0.39 is 0 Å². The Kier molecular flexibility index (Phi) is 2.20. The Morgan fingerprint density at radius 3 is 2.38 bits per heavy atom. The summed E-state index contributed by atoms with van der Waals surface area (Å²) in [6.45, 7) is 9.91. The quantitative estimate of drug-likeness (QED) is 0.526. The maximum absolute atomic E-state index is 2.49. The van der Waals surface area contributed by atoms with E-state index in [1.165, 1.54) is 25.7 Å². The van der Waals surface area contributed by atoms with Crippen molar-refractivity contribution in [1.82, 2.24) is 0 Å². The van der Waals surface area contributed by atoms with Crippen LogP contribution in [0.3, 0.4) is 0 Å². The van der Waals surface area contributed by atoms with Gasteiger partial charge in [0.25, 0.3) is 0 Å². The summed E-state index contributed by atoms with van der Waals surface area (Å²) >= 11 is 0. The van der Waals surface area contributed by atoms with E-state index in [9.17, 15) is 0 Å². The number of fused-ring (bicyclic) bond motifs is 1. The third-order valence-corrected chi connectivity index (χ3v) is 4.83. The fourth-order valence-corrected chi connectivity index (χ4v) is 3.86. The summed E-state index contributed by atoms with van der Waals surface area (Å²) in [5.74, 6) is 4.09. The minimum absolute atomic E-state index is 0.641. The van der Waals surface area contributed by atoms with Crippen molar-refractivity contribution in [2.24, 2.45) is 29.1 Å². The second kappa shape index (κ2) is 3.00. The van der Waals surface area contributed by atoms with Crippen molar-refractivity contribution in [2.75, 3.05) is 0 Å². The van der Waals surface area contributed by atoms with Gasteiger partial charge < -0.3 is 0 Å². The molecule has 0 aliphatic heterocycles. The summed E-state index contributed by atoms with van der Waals surface area (Å²) in [5, 5.41) is 0. The molecule has 0 amide bonds. The first-order valence-electron chi connectivity index (χ1n) is 6.00. The lowest BCUT2D eigenvalue weighted by atomic mass is 9.61. The second-order valence-electron chi connectivity index (χ2n) is 6.35. The van der Waals surface area contributed by atoms with Crippen LogP contribution in [0.4, 0.5) is 0 Å². The number of hydrogen-bond donors (Lipinski definition) is 0. The van der Waals surface area contributed by atoms with Crippen LogP contribution in [0.1, 0.15) is 53.4 Å². The first kappa shape index (κ1) is 9.55. The van der Waals surface area contributed by atoms with Gasteiger partial charge in [0.2, 0.25) is 0 Å². The summed E-state index contributed by atoms with van der Waals surface area (Å²) in [7, 11) is 0. The minimum atomic E-state index is 0.641. The van der Waals surface area contributed by atoms with Gasteiger partial charge in [-0.2, -0.15) is 0 Å².